The van der Waals surface area contributed by atoms with Gasteiger partial charge in [-0.2, -0.15) is 13.2 Å². The van der Waals surface area contributed by atoms with Gasteiger partial charge in [0.25, 0.3) is 0 Å². The van der Waals surface area contributed by atoms with Gasteiger partial charge in [0.05, 0.1) is 12.0 Å². The molecule has 3 atom stereocenters. The minimum Gasteiger partial charge on any atom is -0.481 e. The van der Waals surface area contributed by atoms with Crippen molar-refractivity contribution in [3.8, 4) is 0 Å². The van der Waals surface area contributed by atoms with E-state index in [1.54, 1.807) is 4.90 Å². The molecule has 12 heteroatoms. The van der Waals surface area contributed by atoms with Gasteiger partial charge in [-0.05, 0) is 43.5 Å². The van der Waals surface area contributed by atoms with Crippen LogP contribution >= 0.6 is 0 Å². The molecule has 0 aromatic heterocycles. The zero-order valence-electron chi connectivity index (χ0n) is 17.0. The highest BCUT2D eigenvalue weighted by molar-refractivity contribution is 5.89. The Hall–Kier alpha value is -2.89. The number of hydrogen-bond acceptors (Lipinski definition) is 5. The maximum absolute atomic E-state index is 13.0. The van der Waals surface area contributed by atoms with Gasteiger partial charge in [-0.3, -0.25) is 9.69 Å². The number of halogens is 4. The van der Waals surface area contributed by atoms with Crippen molar-refractivity contribution in [1.82, 2.24) is 9.80 Å². The minimum absolute atomic E-state index is 0.127. The summed E-state index contributed by atoms with van der Waals surface area (Å²) in [7, 11) is 0. The van der Waals surface area contributed by atoms with E-state index in [0.717, 1.165) is 0 Å². The molecular formula is C20H23F4N3O5. The van der Waals surface area contributed by atoms with E-state index in [1.165, 1.54) is 29.2 Å². The number of hydrogen-bond donors (Lipinski definition) is 2. The van der Waals surface area contributed by atoms with Crippen LogP contribution in [0.5, 0.6) is 0 Å². The summed E-state index contributed by atoms with van der Waals surface area (Å²) in [5.74, 6) is -4.94. The molecule has 1 saturated carbocycles. The maximum atomic E-state index is 13.0. The third-order valence-electron chi connectivity index (χ3n) is 5.72. The number of carbonyl (C=O) groups excluding carboxylic acids is 2. The topological polar surface area (TPSA) is 99.2 Å². The maximum Gasteiger partial charge on any atom is 0.490 e. The van der Waals surface area contributed by atoms with E-state index in [4.69, 9.17) is 0 Å². The summed E-state index contributed by atoms with van der Waals surface area (Å²) >= 11 is 0. The number of benzene rings is 1. The quantitative estimate of drug-likeness (QED) is 0.529. The molecular weight excluding hydrogens is 438 g/mol. The van der Waals surface area contributed by atoms with Crippen molar-refractivity contribution < 1.29 is 41.8 Å². The van der Waals surface area contributed by atoms with Crippen molar-refractivity contribution in [2.45, 2.75) is 37.6 Å². The third-order valence-corrected chi connectivity index (χ3v) is 5.72. The second-order valence-corrected chi connectivity index (χ2v) is 7.77. The standard InChI is InChI=1S/C20H23F4N3O5/c21-12-4-6-13(7-5-12)25-19(31)27-10-8-26(9-11-27)16-14(17(28)29)2-1-3-15(16)32-18(30)20(22,23)24/h4-7,14-16H,1-3,8-11H2,(H,25,31)(H,28,29)/t14-,15?,16+/m0/s1. The molecule has 2 fully saturated rings. The Morgan fingerprint density at radius 1 is 1.03 bits per heavy atom. The van der Waals surface area contributed by atoms with Crippen LogP contribution in [0.4, 0.5) is 28.0 Å². The highest BCUT2D eigenvalue weighted by atomic mass is 19.4. The second-order valence-electron chi connectivity index (χ2n) is 7.77. The number of carboxylic acid groups (broad SMARTS) is 1. The van der Waals surface area contributed by atoms with E-state index in [1.807, 2.05) is 0 Å². The molecule has 1 heterocycles. The Morgan fingerprint density at radius 3 is 2.22 bits per heavy atom. The summed E-state index contributed by atoms with van der Waals surface area (Å²) in [6.07, 6.45) is -5.67. The summed E-state index contributed by atoms with van der Waals surface area (Å²) in [4.78, 5) is 38.7. The molecule has 176 valence electrons. The van der Waals surface area contributed by atoms with Crippen LogP contribution in [0.1, 0.15) is 19.3 Å². The smallest absolute Gasteiger partial charge is 0.481 e. The molecule has 1 aliphatic carbocycles. The number of ether oxygens (including phenoxy) is 1. The number of amides is 2. The zero-order valence-corrected chi connectivity index (χ0v) is 17.0. The summed E-state index contributed by atoms with van der Waals surface area (Å²) in [6, 6.07) is 3.85. The normalized spacial score (nSPS) is 24.6. The molecule has 32 heavy (non-hydrogen) atoms. The summed E-state index contributed by atoms with van der Waals surface area (Å²) in [5, 5.41) is 12.2. The molecule has 1 saturated heterocycles. The van der Waals surface area contributed by atoms with Crippen LogP contribution in [0.25, 0.3) is 0 Å². The number of carboxylic acids is 1. The van der Waals surface area contributed by atoms with E-state index in [0.29, 0.717) is 12.1 Å². The Balaban J connectivity index is 1.65. The first-order chi connectivity index (χ1) is 15.1. The lowest BCUT2D eigenvalue weighted by atomic mass is 9.81. The number of urea groups is 1. The van der Waals surface area contributed by atoms with Crippen LogP contribution in [0.2, 0.25) is 0 Å². The molecule has 3 rings (SSSR count). The van der Waals surface area contributed by atoms with Crippen LogP contribution in [0.15, 0.2) is 24.3 Å². The van der Waals surface area contributed by atoms with Gasteiger partial charge in [-0.25, -0.2) is 14.0 Å². The van der Waals surface area contributed by atoms with Crippen LogP contribution in [0.3, 0.4) is 0 Å². The number of nitrogens with one attached hydrogen (secondary N) is 1. The van der Waals surface area contributed by atoms with Crippen molar-refractivity contribution >= 4 is 23.7 Å². The third kappa shape index (κ3) is 5.67. The van der Waals surface area contributed by atoms with Crippen LogP contribution in [-0.2, 0) is 14.3 Å². The summed E-state index contributed by atoms with van der Waals surface area (Å²) in [5.41, 5.74) is 0.399. The van der Waals surface area contributed by atoms with Gasteiger partial charge in [-0.1, -0.05) is 0 Å². The highest BCUT2D eigenvalue weighted by Gasteiger charge is 2.48. The average Bonchev–Trinajstić information content (AvgIpc) is 2.74. The molecule has 2 amide bonds. The van der Waals surface area contributed by atoms with Gasteiger partial charge in [-0.15, -0.1) is 0 Å². The fraction of sp³-hybridized carbons (Fsp3) is 0.550. The lowest BCUT2D eigenvalue weighted by Crippen LogP contribution is -2.60. The molecule has 0 spiro atoms. The number of alkyl halides is 3. The molecule has 1 unspecified atom stereocenters. The lowest BCUT2D eigenvalue weighted by Gasteiger charge is -2.45. The van der Waals surface area contributed by atoms with Gasteiger partial charge >= 0.3 is 24.1 Å². The van der Waals surface area contributed by atoms with E-state index >= 15 is 0 Å². The van der Waals surface area contributed by atoms with Crippen molar-refractivity contribution in [3.63, 3.8) is 0 Å². The number of carbonyl (C=O) groups is 3. The minimum atomic E-state index is -5.17. The van der Waals surface area contributed by atoms with Gasteiger partial charge in [0.15, 0.2) is 0 Å². The molecule has 1 aromatic carbocycles. The second kappa shape index (κ2) is 9.72. The van der Waals surface area contributed by atoms with E-state index in [2.05, 4.69) is 10.1 Å². The summed E-state index contributed by atoms with van der Waals surface area (Å²) in [6.45, 7) is 0.780. The van der Waals surface area contributed by atoms with Crippen LogP contribution in [0, 0.1) is 11.7 Å². The van der Waals surface area contributed by atoms with E-state index in [-0.39, 0.29) is 39.0 Å². The number of nitrogens with zero attached hydrogens (tertiary/aromatic N) is 2. The molecule has 0 bridgehead atoms. The van der Waals surface area contributed by atoms with Gasteiger partial charge in [0, 0.05) is 31.9 Å². The monoisotopic (exact) mass is 461 g/mol. The molecule has 1 aliphatic heterocycles. The largest absolute Gasteiger partial charge is 0.490 e. The molecule has 2 aliphatic rings. The van der Waals surface area contributed by atoms with Crippen molar-refractivity contribution in [3.05, 3.63) is 30.1 Å². The van der Waals surface area contributed by atoms with Crippen molar-refractivity contribution in [2.75, 3.05) is 31.5 Å². The molecule has 0 radical (unpaired) electrons. The first kappa shape index (κ1) is 23.8. The van der Waals surface area contributed by atoms with Gasteiger partial charge in [0.1, 0.15) is 11.9 Å². The number of piperazine rings is 1. The predicted molar refractivity (Wildman–Crippen MR) is 103 cm³/mol. The Morgan fingerprint density at radius 2 is 1.66 bits per heavy atom. The summed E-state index contributed by atoms with van der Waals surface area (Å²) < 4.78 is 55.8. The number of aliphatic carboxylic acids is 1. The van der Waals surface area contributed by atoms with Crippen molar-refractivity contribution in [1.29, 1.82) is 0 Å². The Bertz CT molecular complexity index is 841. The predicted octanol–water partition coefficient (Wildman–Crippen LogP) is 2.70. The lowest BCUT2D eigenvalue weighted by molar-refractivity contribution is -0.211. The van der Waals surface area contributed by atoms with Crippen LogP contribution in [-0.4, -0.2) is 77.4 Å². The number of anilines is 1. The first-order valence-electron chi connectivity index (χ1n) is 10.1. The van der Waals surface area contributed by atoms with E-state index in [9.17, 15) is 37.1 Å². The SMILES string of the molecule is O=C(O)[C@H]1CCCC(OC(=O)C(F)(F)F)[C@@H]1N1CCN(C(=O)Nc2ccc(F)cc2)CC1. The average molecular weight is 461 g/mol. The molecule has 8 nitrogen and oxygen atoms in total. The zero-order chi connectivity index (χ0) is 23.5. The molecule has 1 aromatic rings. The molecule has 2 N–H and O–H groups in total. The van der Waals surface area contributed by atoms with Gasteiger partial charge < -0.3 is 20.1 Å². The van der Waals surface area contributed by atoms with E-state index < -0.39 is 48.0 Å². The fourth-order valence-corrected chi connectivity index (χ4v) is 4.19. The van der Waals surface area contributed by atoms with Gasteiger partial charge in [0.2, 0.25) is 0 Å². The van der Waals surface area contributed by atoms with Crippen molar-refractivity contribution in [2.24, 2.45) is 5.92 Å². The Labute approximate surface area is 181 Å². The fourth-order valence-electron chi connectivity index (χ4n) is 4.19. The number of rotatable bonds is 4. The van der Waals surface area contributed by atoms with Crippen LogP contribution < -0.4 is 5.32 Å². The first-order valence-corrected chi connectivity index (χ1v) is 10.1. The highest BCUT2D eigenvalue weighted by Crippen LogP contribution is 2.33. The Kier molecular flexibility index (Phi) is 7.22. The number of esters is 1.